The van der Waals surface area contributed by atoms with Crippen molar-refractivity contribution in [2.75, 3.05) is 6.61 Å². The van der Waals surface area contributed by atoms with Gasteiger partial charge in [0.15, 0.2) is 0 Å². The minimum atomic E-state index is -0.187. The van der Waals surface area contributed by atoms with Gasteiger partial charge in [0.1, 0.15) is 5.82 Å². The molecule has 4 heteroatoms. The van der Waals surface area contributed by atoms with E-state index >= 15 is 0 Å². The van der Waals surface area contributed by atoms with Gasteiger partial charge in [0, 0.05) is 24.2 Å². The third-order valence-corrected chi connectivity index (χ3v) is 4.67. The highest BCUT2D eigenvalue weighted by Crippen LogP contribution is 2.30. The van der Waals surface area contributed by atoms with E-state index in [-0.39, 0.29) is 5.82 Å². The molecule has 1 heterocycles. The van der Waals surface area contributed by atoms with Crippen molar-refractivity contribution in [3.05, 3.63) is 35.1 Å². The normalized spacial score (nSPS) is 24.2. The molecule has 1 fully saturated rings. The number of ether oxygens (including phenoxy) is 1. The minimum absolute atomic E-state index is 0.187. The molecule has 2 unspecified atom stereocenters. The smallest absolute Gasteiger partial charge is 0.123 e. The highest BCUT2D eigenvalue weighted by molar-refractivity contribution is 7.99. The average molecular weight is 255 g/mol. The number of halogens is 1. The number of thioether (sulfide) groups is 1. The van der Waals surface area contributed by atoms with Gasteiger partial charge in [0.25, 0.3) is 0 Å². The first-order chi connectivity index (χ1) is 8.20. The van der Waals surface area contributed by atoms with E-state index in [4.69, 9.17) is 10.5 Å². The number of nitrogens with two attached hydrogens (primary N) is 1. The van der Waals surface area contributed by atoms with Crippen molar-refractivity contribution in [2.24, 2.45) is 5.73 Å². The molecular formula is C13H18FNOS. The SMILES string of the molecule is CC1OCCC1SCc1cc(F)ccc1CN. The second-order valence-electron chi connectivity index (χ2n) is 4.33. The van der Waals surface area contributed by atoms with Crippen LogP contribution in [0, 0.1) is 5.82 Å². The predicted octanol–water partition coefficient (Wildman–Crippen LogP) is 2.70. The Morgan fingerprint density at radius 2 is 2.29 bits per heavy atom. The van der Waals surface area contributed by atoms with Gasteiger partial charge < -0.3 is 10.5 Å². The van der Waals surface area contributed by atoms with Crippen molar-refractivity contribution in [2.45, 2.75) is 37.0 Å². The van der Waals surface area contributed by atoms with Crippen LogP contribution < -0.4 is 5.73 Å². The Balaban J connectivity index is 2.00. The van der Waals surface area contributed by atoms with Crippen LogP contribution in [0.1, 0.15) is 24.5 Å². The highest BCUT2D eigenvalue weighted by atomic mass is 32.2. The summed E-state index contributed by atoms with van der Waals surface area (Å²) in [6.07, 6.45) is 1.38. The zero-order valence-electron chi connectivity index (χ0n) is 9.99. The Kier molecular flexibility index (Phi) is 4.42. The topological polar surface area (TPSA) is 35.2 Å². The number of hydrogen-bond donors (Lipinski definition) is 1. The van der Waals surface area contributed by atoms with E-state index in [9.17, 15) is 4.39 Å². The molecular weight excluding hydrogens is 237 g/mol. The number of rotatable bonds is 4. The van der Waals surface area contributed by atoms with Crippen molar-refractivity contribution < 1.29 is 9.13 Å². The summed E-state index contributed by atoms with van der Waals surface area (Å²) < 4.78 is 18.7. The van der Waals surface area contributed by atoms with Crippen LogP contribution in [0.5, 0.6) is 0 Å². The molecule has 2 N–H and O–H groups in total. The van der Waals surface area contributed by atoms with E-state index in [1.807, 2.05) is 11.8 Å². The van der Waals surface area contributed by atoms with Gasteiger partial charge in [-0.3, -0.25) is 0 Å². The third-order valence-electron chi connectivity index (χ3n) is 3.15. The molecule has 1 aromatic rings. The molecule has 2 nitrogen and oxygen atoms in total. The molecule has 0 radical (unpaired) electrons. The molecule has 94 valence electrons. The van der Waals surface area contributed by atoms with Gasteiger partial charge in [-0.15, -0.1) is 0 Å². The monoisotopic (exact) mass is 255 g/mol. The maximum Gasteiger partial charge on any atom is 0.123 e. The lowest BCUT2D eigenvalue weighted by Crippen LogP contribution is -2.13. The summed E-state index contributed by atoms with van der Waals surface area (Å²) >= 11 is 1.84. The molecule has 2 atom stereocenters. The second kappa shape index (κ2) is 5.85. The van der Waals surface area contributed by atoms with Crippen molar-refractivity contribution >= 4 is 11.8 Å². The first kappa shape index (κ1) is 12.9. The largest absolute Gasteiger partial charge is 0.377 e. The van der Waals surface area contributed by atoms with Gasteiger partial charge in [-0.05, 0) is 36.6 Å². The minimum Gasteiger partial charge on any atom is -0.377 e. The summed E-state index contributed by atoms with van der Waals surface area (Å²) in [7, 11) is 0. The zero-order chi connectivity index (χ0) is 12.3. The van der Waals surface area contributed by atoms with E-state index in [2.05, 4.69) is 6.92 Å². The summed E-state index contributed by atoms with van der Waals surface area (Å²) in [5.41, 5.74) is 7.70. The fourth-order valence-corrected chi connectivity index (χ4v) is 3.33. The molecule has 2 rings (SSSR count). The maximum atomic E-state index is 13.2. The van der Waals surface area contributed by atoms with Crippen LogP contribution >= 0.6 is 11.8 Å². The lowest BCUT2D eigenvalue weighted by molar-refractivity contribution is 0.127. The van der Waals surface area contributed by atoms with E-state index in [1.165, 1.54) is 6.07 Å². The van der Waals surface area contributed by atoms with Crippen LogP contribution in [0.2, 0.25) is 0 Å². The van der Waals surface area contributed by atoms with Gasteiger partial charge in [0.2, 0.25) is 0 Å². The van der Waals surface area contributed by atoms with E-state index in [0.29, 0.717) is 17.9 Å². The second-order valence-corrected chi connectivity index (χ2v) is 5.56. The average Bonchev–Trinajstić information content (AvgIpc) is 2.72. The summed E-state index contributed by atoms with van der Waals surface area (Å²) in [6, 6.07) is 4.84. The maximum absolute atomic E-state index is 13.2. The molecule has 0 aliphatic carbocycles. The van der Waals surface area contributed by atoms with Gasteiger partial charge in [-0.1, -0.05) is 6.07 Å². The first-order valence-electron chi connectivity index (χ1n) is 5.91. The summed E-state index contributed by atoms with van der Waals surface area (Å²) in [6.45, 7) is 3.40. The van der Waals surface area contributed by atoms with Crippen molar-refractivity contribution in [3.8, 4) is 0 Å². The Morgan fingerprint density at radius 3 is 2.94 bits per heavy atom. The first-order valence-corrected chi connectivity index (χ1v) is 6.96. The van der Waals surface area contributed by atoms with Crippen LogP contribution in [0.3, 0.4) is 0 Å². The fourth-order valence-electron chi connectivity index (χ4n) is 2.06. The van der Waals surface area contributed by atoms with E-state index in [1.54, 1.807) is 12.1 Å². The number of hydrogen-bond acceptors (Lipinski definition) is 3. The van der Waals surface area contributed by atoms with Crippen LogP contribution in [-0.2, 0) is 17.0 Å². The Hall–Kier alpha value is -0.580. The molecule has 1 saturated heterocycles. The molecule has 0 aromatic heterocycles. The molecule has 0 spiro atoms. The lowest BCUT2D eigenvalue weighted by Gasteiger charge is -2.15. The van der Waals surface area contributed by atoms with Gasteiger partial charge in [-0.2, -0.15) is 11.8 Å². The molecule has 17 heavy (non-hydrogen) atoms. The van der Waals surface area contributed by atoms with Crippen LogP contribution in [0.4, 0.5) is 4.39 Å². The van der Waals surface area contributed by atoms with Crippen LogP contribution in [0.25, 0.3) is 0 Å². The van der Waals surface area contributed by atoms with Gasteiger partial charge in [0.05, 0.1) is 6.10 Å². The van der Waals surface area contributed by atoms with Crippen molar-refractivity contribution in [1.29, 1.82) is 0 Å². The Labute approximate surface area is 106 Å². The summed E-state index contributed by atoms with van der Waals surface area (Å²) in [4.78, 5) is 0. The molecule has 1 aromatic carbocycles. The molecule has 0 saturated carbocycles. The highest BCUT2D eigenvalue weighted by Gasteiger charge is 2.24. The standard InChI is InChI=1S/C13H18FNOS/c1-9-13(4-5-16-9)17-8-11-6-12(14)3-2-10(11)7-15/h2-3,6,9,13H,4-5,7-8,15H2,1H3. The van der Waals surface area contributed by atoms with Gasteiger partial charge >= 0.3 is 0 Å². The fraction of sp³-hybridized carbons (Fsp3) is 0.538. The van der Waals surface area contributed by atoms with Gasteiger partial charge in [-0.25, -0.2) is 4.39 Å². The predicted molar refractivity (Wildman–Crippen MR) is 69.4 cm³/mol. The van der Waals surface area contributed by atoms with E-state index in [0.717, 1.165) is 29.9 Å². The molecule has 0 amide bonds. The lowest BCUT2D eigenvalue weighted by atomic mass is 10.1. The Morgan fingerprint density at radius 1 is 1.47 bits per heavy atom. The zero-order valence-corrected chi connectivity index (χ0v) is 10.8. The molecule has 0 bridgehead atoms. The summed E-state index contributed by atoms with van der Waals surface area (Å²) in [5, 5.41) is 0.517. The van der Waals surface area contributed by atoms with Crippen LogP contribution in [0.15, 0.2) is 18.2 Å². The third kappa shape index (κ3) is 3.21. The Bertz CT molecular complexity index is 386. The van der Waals surface area contributed by atoms with Crippen molar-refractivity contribution in [3.63, 3.8) is 0 Å². The quantitative estimate of drug-likeness (QED) is 0.898. The van der Waals surface area contributed by atoms with Crippen LogP contribution in [-0.4, -0.2) is 18.0 Å². The summed E-state index contributed by atoms with van der Waals surface area (Å²) in [5.74, 6) is 0.622. The van der Waals surface area contributed by atoms with Crippen molar-refractivity contribution in [1.82, 2.24) is 0 Å². The molecule has 1 aliphatic heterocycles. The van der Waals surface area contributed by atoms with E-state index < -0.39 is 0 Å². The molecule has 1 aliphatic rings. The number of benzene rings is 1.